The highest BCUT2D eigenvalue weighted by atomic mass is 19.1. The van der Waals surface area contributed by atoms with Crippen LogP contribution in [0.2, 0.25) is 0 Å². The molecule has 0 fully saturated rings. The Morgan fingerprint density at radius 2 is 1.81 bits per heavy atom. The summed E-state index contributed by atoms with van der Waals surface area (Å²) in [6, 6.07) is 17.0. The third-order valence-corrected chi connectivity index (χ3v) is 5.10. The quantitative estimate of drug-likeness (QED) is 0.410. The molecule has 0 aliphatic carbocycles. The number of halogens is 1. The lowest BCUT2D eigenvalue weighted by Gasteiger charge is -2.26. The zero-order chi connectivity index (χ0) is 22.1. The van der Waals surface area contributed by atoms with Crippen molar-refractivity contribution in [3.63, 3.8) is 0 Å². The minimum absolute atomic E-state index is 0.0940. The van der Waals surface area contributed by atoms with Crippen LogP contribution < -0.4 is 10.6 Å². The molecule has 31 heavy (non-hydrogen) atoms. The molecule has 0 bridgehead atoms. The summed E-state index contributed by atoms with van der Waals surface area (Å²) in [5, 5.41) is 11.1. The highest BCUT2D eigenvalue weighted by molar-refractivity contribution is 5.79. The van der Waals surface area contributed by atoms with Gasteiger partial charge in [-0.1, -0.05) is 36.4 Å². The molecule has 1 heterocycles. The van der Waals surface area contributed by atoms with Gasteiger partial charge < -0.3 is 15.5 Å². The molecule has 1 aromatic heterocycles. The third kappa shape index (κ3) is 6.65. The van der Waals surface area contributed by atoms with E-state index in [0.29, 0.717) is 13.1 Å². The van der Waals surface area contributed by atoms with Crippen LogP contribution >= 0.6 is 0 Å². The first-order chi connectivity index (χ1) is 15.1. The van der Waals surface area contributed by atoms with Crippen LogP contribution in [0.4, 0.5) is 4.39 Å². The first-order valence-electron chi connectivity index (χ1n) is 10.5. The molecule has 0 spiro atoms. The molecular weight excluding hydrogens is 391 g/mol. The lowest BCUT2D eigenvalue weighted by Crippen LogP contribution is -2.41. The molecule has 3 aromatic rings. The molecular formula is C24H31FN6. The summed E-state index contributed by atoms with van der Waals surface area (Å²) in [5.74, 6) is 0.531. The summed E-state index contributed by atoms with van der Waals surface area (Å²) < 4.78 is 15.2. The van der Waals surface area contributed by atoms with E-state index in [2.05, 4.69) is 32.8 Å². The summed E-state index contributed by atoms with van der Waals surface area (Å²) in [6.45, 7) is 4.75. The molecule has 0 radical (unpaired) electrons. The standard InChI is InChI=1S/C24H31FN6/c1-4-26-24(28-17-23(30(2)3)19-10-12-22(25)13-11-19)27-16-20-8-5-6-9-21(20)18-31-15-7-14-29-31/h5-15,23H,4,16-18H2,1-3H3,(H2,26,27,28). The van der Waals surface area contributed by atoms with Crippen LogP contribution in [0.3, 0.4) is 0 Å². The van der Waals surface area contributed by atoms with Crippen molar-refractivity contribution in [3.05, 3.63) is 89.5 Å². The van der Waals surface area contributed by atoms with Crippen molar-refractivity contribution in [3.8, 4) is 0 Å². The van der Waals surface area contributed by atoms with Gasteiger partial charge in [-0.15, -0.1) is 0 Å². The SMILES string of the molecule is CCNC(=NCc1ccccc1Cn1cccn1)NCC(c1ccc(F)cc1)N(C)C. The van der Waals surface area contributed by atoms with Crippen molar-refractivity contribution >= 4 is 5.96 Å². The number of nitrogens with zero attached hydrogens (tertiary/aromatic N) is 4. The van der Waals surface area contributed by atoms with Gasteiger partial charge in [0.15, 0.2) is 5.96 Å². The van der Waals surface area contributed by atoms with Crippen LogP contribution in [0.15, 0.2) is 72.0 Å². The monoisotopic (exact) mass is 422 g/mol. The highest BCUT2D eigenvalue weighted by Gasteiger charge is 2.15. The molecule has 0 aliphatic rings. The first kappa shape index (κ1) is 22.5. The molecule has 1 atom stereocenters. The van der Waals surface area contributed by atoms with E-state index < -0.39 is 0 Å². The Morgan fingerprint density at radius 1 is 1.06 bits per heavy atom. The van der Waals surface area contributed by atoms with E-state index >= 15 is 0 Å². The van der Waals surface area contributed by atoms with E-state index in [9.17, 15) is 4.39 Å². The van der Waals surface area contributed by atoms with Crippen LogP contribution in [0.1, 0.15) is 29.7 Å². The number of benzene rings is 2. The largest absolute Gasteiger partial charge is 0.357 e. The van der Waals surface area contributed by atoms with Gasteiger partial charge in [0.1, 0.15) is 5.82 Å². The van der Waals surface area contributed by atoms with Gasteiger partial charge >= 0.3 is 0 Å². The van der Waals surface area contributed by atoms with Gasteiger partial charge in [-0.2, -0.15) is 5.10 Å². The number of hydrogen-bond donors (Lipinski definition) is 2. The second kappa shape index (κ2) is 11.3. The zero-order valence-corrected chi connectivity index (χ0v) is 18.4. The van der Waals surface area contributed by atoms with E-state index in [1.54, 1.807) is 6.20 Å². The molecule has 2 N–H and O–H groups in total. The van der Waals surface area contributed by atoms with Gasteiger partial charge in [-0.05, 0) is 55.9 Å². The number of hydrogen-bond acceptors (Lipinski definition) is 3. The van der Waals surface area contributed by atoms with Crippen LogP contribution in [-0.4, -0.2) is 47.8 Å². The van der Waals surface area contributed by atoms with Crippen molar-refractivity contribution in [1.82, 2.24) is 25.3 Å². The molecule has 1 unspecified atom stereocenters. The maximum Gasteiger partial charge on any atom is 0.191 e. The fourth-order valence-electron chi connectivity index (χ4n) is 3.42. The number of aromatic nitrogens is 2. The van der Waals surface area contributed by atoms with E-state index in [-0.39, 0.29) is 11.9 Å². The predicted octanol–water partition coefficient (Wildman–Crippen LogP) is 3.43. The zero-order valence-electron chi connectivity index (χ0n) is 18.4. The highest BCUT2D eigenvalue weighted by Crippen LogP contribution is 2.18. The molecule has 7 heteroatoms. The van der Waals surface area contributed by atoms with Crippen molar-refractivity contribution in [2.75, 3.05) is 27.2 Å². The van der Waals surface area contributed by atoms with Gasteiger partial charge in [0.2, 0.25) is 0 Å². The summed E-state index contributed by atoms with van der Waals surface area (Å²) in [5.41, 5.74) is 3.42. The van der Waals surface area contributed by atoms with Gasteiger partial charge in [0.05, 0.1) is 19.1 Å². The lowest BCUT2D eigenvalue weighted by atomic mass is 10.1. The van der Waals surface area contributed by atoms with Crippen molar-refractivity contribution in [2.24, 2.45) is 4.99 Å². The number of aliphatic imine (C=N–C) groups is 1. The second-order valence-corrected chi connectivity index (χ2v) is 7.58. The Labute approximate surface area is 183 Å². The molecule has 2 aromatic carbocycles. The molecule has 3 rings (SSSR count). The number of nitrogens with one attached hydrogen (secondary N) is 2. The molecule has 6 nitrogen and oxygen atoms in total. The Kier molecular flexibility index (Phi) is 8.18. The van der Waals surface area contributed by atoms with E-state index in [4.69, 9.17) is 4.99 Å². The Bertz CT molecular complexity index is 950. The fraction of sp³-hybridized carbons (Fsp3) is 0.333. The van der Waals surface area contributed by atoms with Crippen molar-refractivity contribution in [2.45, 2.75) is 26.1 Å². The van der Waals surface area contributed by atoms with Crippen LogP contribution in [0, 0.1) is 5.82 Å². The molecule has 0 aliphatic heterocycles. The number of rotatable bonds is 9. The topological polar surface area (TPSA) is 57.5 Å². The van der Waals surface area contributed by atoms with Crippen LogP contribution in [0.25, 0.3) is 0 Å². The van der Waals surface area contributed by atoms with E-state index in [1.165, 1.54) is 17.7 Å². The predicted molar refractivity (Wildman–Crippen MR) is 123 cm³/mol. The average molecular weight is 423 g/mol. The van der Waals surface area contributed by atoms with E-state index in [0.717, 1.165) is 30.2 Å². The smallest absolute Gasteiger partial charge is 0.191 e. The summed E-state index contributed by atoms with van der Waals surface area (Å²) in [6.07, 6.45) is 3.75. The first-order valence-corrected chi connectivity index (χ1v) is 10.5. The van der Waals surface area contributed by atoms with Crippen molar-refractivity contribution < 1.29 is 4.39 Å². The summed E-state index contributed by atoms with van der Waals surface area (Å²) in [7, 11) is 4.04. The number of likely N-dealkylation sites (N-methyl/N-ethyl adjacent to an activating group) is 1. The maximum atomic E-state index is 13.3. The lowest BCUT2D eigenvalue weighted by molar-refractivity contribution is 0.298. The molecule has 0 saturated carbocycles. The maximum absolute atomic E-state index is 13.3. The minimum atomic E-state index is -0.224. The third-order valence-electron chi connectivity index (χ3n) is 5.10. The molecule has 0 amide bonds. The van der Waals surface area contributed by atoms with Crippen molar-refractivity contribution in [1.29, 1.82) is 0 Å². The summed E-state index contributed by atoms with van der Waals surface area (Å²) in [4.78, 5) is 6.91. The molecule has 164 valence electrons. The van der Waals surface area contributed by atoms with Gasteiger partial charge in [-0.25, -0.2) is 9.38 Å². The second-order valence-electron chi connectivity index (χ2n) is 7.58. The van der Waals surface area contributed by atoms with Crippen LogP contribution in [0.5, 0.6) is 0 Å². The normalized spacial score (nSPS) is 12.7. The Hall–Kier alpha value is -3.19. The summed E-state index contributed by atoms with van der Waals surface area (Å²) >= 11 is 0. The number of guanidine groups is 1. The minimum Gasteiger partial charge on any atom is -0.357 e. The van der Waals surface area contributed by atoms with E-state index in [1.807, 2.05) is 62.2 Å². The molecule has 0 saturated heterocycles. The van der Waals surface area contributed by atoms with Crippen LogP contribution in [-0.2, 0) is 13.1 Å². The van der Waals surface area contributed by atoms with Gasteiger partial charge in [-0.3, -0.25) is 4.68 Å². The fourth-order valence-corrected chi connectivity index (χ4v) is 3.42. The van der Waals surface area contributed by atoms with Gasteiger partial charge in [0.25, 0.3) is 0 Å². The Balaban J connectivity index is 1.69. The Morgan fingerprint density at radius 3 is 2.45 bits per heavy atom. The van der Waals surface area contributed by atoms with Gasteiger partial charge in [0, 0.05) is 25.5 Å². The average Bonchev–Trinajstić information content (AvgIpc) is 3.27.